The standard InChI is InChI=1S/C7H5Br4N.BrH/c8-6(9)4-2-1-3-5(12-4)7(10)11;/h1-3,6-7H;1H. The van der Waals surface area contributed by atoms with E-state index in [0.29, 0.717) is 0 Å². The first-order valence-electron chi connectivity index (χ1n) is 3.14. The quantitative estimate of drug-likeness (QED) is 0.504. The summed E-state index contributed by atoms with van der Waals surface area (Å²) >= 11 is 13.6. The highest BCUT2D eigenvalue weighted by atomic mass is 79.9. The maximum absolute atomic E-state index is 4.38. The average Bonchev–Trinajstić information content (AvgIpc) is 2.04. The predicted octanol–water partition coefficient (Wildman–Crippen LogP) is 5.24. The first kappa shape index (κ1) is 14.6. The molecule has 6 heteroatoms. The summed E-state index contributed by atoms with van der Waals surface area (Å²) < 4.78 is 0.229. The van der Waals surface area contributed by atoms with E-state index in [1.165, 1.54) is 0 Å². The van der Waals surface area contributed by atoms with Crippen LogP contribution in [0.15, 0.2) is 18.2 Å². The van der Waals surface area contributed by atoms with E-state index in [1.54, 1.807) is 0 Å². The molecule has 0 radical (unpaired) electrons. The second-order valence-corrected chi connectivity index (χ2v) is 8.21. The minimum atomic E-state index is 0. The van der Waals surface area contributed by atoms with Crippen LogP contribution in [0, 0.1) is 0 Å². The molecule has 74 valence electrons. The smallest absolute Gasteiger partial charge is 0.112 e. The lowest BCUT2D eigenvalue weighted by molar-refractivity contribution is 1.10. The van der Waals surface area contributed by atoms with Gasteiger partial charge in [-0.3, -0.25) is 4.98 Å². The van der Waals surface area contributed by atoms with E-state index in [4.69, 9.17) is 0 Å². The van der Waals surface area contributed by atoms with Gasteiger partial charge in [0.15, 0.2) is 0 Å². The molecule has 1 aromatic heterocycles. The monoisotopic (exact) mass is 499 g/mol. The summed E-state index contributed by atoms with van der Waals surface area (Å²) in [5, 5.41) is 0. The molecule has 0 spiro atoms. The number of nitrogens with zero attached hydrogens (tertiary/aromatic N) is 1. The summed E-state index contributed by atoms with van der Waals surface area (Å²) in [4.78, 5) is 4.38. The van der Waals surface area contributed by atoms with Crippen molar-refractivity contribution in [3.63, 3.8) is 0 Å². The van der Waals surface area contributed by atoms with Gasteiger partial charge in [0, 0.05) is 0 Å². The normalized spacial score (nSPS) is 10.3. The number of aromatic nitrogens is 1. The van der Waals surface area contributed by atoms with Crippen molar-refractivity contribution in [1.29, 1.82) is 0 Å². The average molecular weight is 504 g/mol. The van der Waals surface area contributed by atoms with Crippen LogP contribution in [0.4, 0.5) is 0 Å². The maximum atomic E-state index is 4.38. The summed E-state index contributed by atoms with van der Waals surface area (Å²) in [5.74, 6) is 0. The molecule has 0 aliphatic carbocycles. The Balaban J connectivity index is 0.00000144. The van der Waals surface area contributed by atoms with Gasteiger partial charge < -0.3 is 0 Å². The third-order valence-electron chi connectivity index (χ3n) is 1.24. The number of hydrogen-bond acceptors (Lipinski definition) is 1. The predicted molar refractivity (Wildman–Crippen MR) is 75.7 cm³/mol. The van der Waals surface area contributed by atoms with Crippen molar-refractivity contribution in [1.82, 2.24) is 4.98 Å². The van der Waals surface area contributed by atoms with E-state index >= 15 is 0 Å². The zero-order valence-electron chi connectivity index (χ0n) is 6.25. The number of rotatable bonds is 2. The Morgan fingerprint density at radius 3 is 1.62 bits per heavy atom. The van der Waals surface area contributed by atoms with E-state index < -0.39 is 0 Å². The van der Waals surface area contributed by atoms with Gasteiger partial charge in [-0.25, -0.2) is 0 Å². The van der Waals surface area contributed by atoms with E-state index in [2.05, 4.69) is 68.7 Å². The molecular formula is C7H6Br5N. The highest BCUT2D eigenvalue weighted by molar-refractivity contribution is 9.24. The van der Waals surface area contributed by atoms with Gasteiger partial charge >= 0.3 is 0 Å². The Labute approximate surface area is 121 Å². The minimum absolute atomic E-state index is 0. The Hall–Kier alpha value is 1.55. The van der Waals surface area contributed by atoms with Gasteiger partial charge in [-0.15, -0.1) is 17.0 Å². The van der Waals surface area contributed by atoms with Crippen molar-refractivity contribution in [2.24, 2.45) is 0 Å². The molecule has 0 N–H and O–H groups in total. The first-order chi connectivity index (χ1) is 5.61. The van der Waals surface area contributed by atoms with E-state index in [0.717, 1.165) is 11.4 Å². The van der Waals surface area contributed by atoms with E-state index in [9.17, 15) is 0 Å². The maximum Gasteiger partial charge on any atom is 0.112 e. The Morgan fingerprint density at radius 2 is 1.31 bits per heavy atom. The van der Waals surface area contributed by atoms with Crippen LogP contribution in [0.25, 0.3) is 0 Å². The lowest BCUT2D eigenvalue weighted by atomic mass is 10.3. The van der Waals surface area contributed by atoms with Gasteiger partial charge in [0.1, 0.15) is 7.47 Å². The summed E-state index contributed by atoms with van der Waals surface area (Å²) in [6.45, 7) is 0. The topological polar surface area (TPSA) is 12.9 Å². The molecule has 1 rings (SSSR count). The molecule has 0 saturated heterocycles. The largest absolute Gasteiger partial charge is 0.254 e. The van der Waals surface area contributed by atoms with Crippen LogP contribution in [0.3, 0.4) is 0 Å². The third kappa shape index (κ3) is 4.73. The van der Waals surface area contributed by atoms with Crippen molar-refractivity contribution in [2.75, 3.05) is 0 Å². The number of hydrogen-bond donors (Lipinski definition) is 0. The fraction of sp³-hybridized carbons (Fsp3) is 0.286. The lowest BCUT2D eigenvalue weighted by Gasteiger charge is -2.05. The zero-order chi connectivity index (χ0) is 9.14. The SMILES string of the molecule is Br.BrC(Br)c1cccc(C(Br)Br)n1. The molecule has 0 aliphatic rings. The summed E-state index contributed by atoms with van der Waals surface area (Å²) in [5.41, 5.74) is 1.94. The second kappa shape index (κ2) is 6.93. The minimum Gasteiger partial charge on any atom is -0.254 e. The Kier molecular flexibility index (Phi) is 7.76. The third-order valence-corrected chi connectivity index (χ3v) is 3.12. The number of halogens is 5. The molecule has 0 fully saturated rings. The summed E-state index contributed by atoms with van der Waals surface area (Å²) in [6.07, 6.45) is 0. The Morgan fingerprint density at radius 1 is 0.923 bits per heavy atom. The molecule has 0 saturated carbocycles. The van der Waals surface area contributed by atoms with Crippen molar-refractivity contribution in [3.8, 4) is 0 Å². The van der Waals surface area contributed by atoms with Gasteiger partial charge in [0.25, 0.3) is 0 Å². The van der Waals surface area contributed by atoms with Crippen LogP contribution in [0.5, 0.6) is 0 Å². The van der Waals surface area contributed by atoms with Crippen molar-refractivity contribution < 1.29 is 0 Å². The van der Waals surface area contributed by atoms with Crippen molar-refractivity contribution in [2.45, 2.75) is 7.47 Å². The first-order valence-corrected chi connectivity index (χ1v) is 6.80. The molecule has 0 amide bonds. The lowest BCUT2D eigenvalue weighted by Crippen LogP contribution is -1.92. The van der Waals surface area contributed by atoms with Crippen molar-refractivity contribution in [3.05, 3.63) is 29.6 Å². The highest BCUT2D eigenvalue weighted by Crippen LogP contribution is 2.31. The highest BCUT2D eigenvalue weighted by Gasteiger charge is 2.08. The van der Waals surface area contributed by atoms with E-state index in [1.807, 2.05) is 18.2 Å². The number of alkyl halides is 4. The zero-order valence-corrected chi connectivity index (χ0v) is 14.3. The number of pyridine rings is 1. The van der Waals surface area contributed by atoms with Gasteiger partial charge in [0.2, 0.25) is 0 Å². The second-order valence-electron chi connectivity index (χ2n) is 2.09. The Bertz CT molecular complexity index is 240. The summed E-state index contributed by atoms with van der Waals surface area (Å²) in [7, 11) is 0. The molecule has 0 aromatic carbocycles. The van der Waals surface area contributed by atoms with E-state index in [-0.39, 0.29) is 24.5 Å². The van der Waals surface area contributed by atoms with Gasteiger partial charge in [-0.05, 0) is 12.1 Å². The van der Waals surface area contributed by atoms with Crippen LogP contribution in [-0.2, 0) is 0 Å². The molecule has 0 unspecified atom stereocenters. The van der Waals surface area contributed by atoms with Gasteiger partial charge in [-0.2, -0.15) is 0 Å². The van der Waals surface area contributed by atoms with Crippen LogP contribution >= 0.6 is 80.7 Å². The van der Waals surface area contributed by atoms with Gasteiger partial charge in [-0.1, -0.05) is 69.8 Å². The molecule has 0 atom stereocenters. The molecule has 0 bridgehead atoms. The van der Waals surface area contributed by atoms with Crippen LogP contribution in [0.1, 0.15) is 18.9 Å². The molecule has 13 heavy (non-hydrogen) atoms. The molecular weight excluding hydrogens is 498 g/mol. The summed E-state index contributed by atoms with van der Waals surface area (Å²) in [6, 6.07) is 5.89. The van der Waals surface area contributed by atoms with Crippen molar-refractivity contribution >= 4 is 80.7 Å². The molecule has 1 aromatic rings. The van der Waals surface area contributed by atoms with Crippen LogP contribution < -0.4 is 0 Å². The molecule has 1 heterocycles. The fourth-order valence-electron chi connectivity index (χ4n) is 0.712. The van der Waals surface area contributed by atoms with Crippen LogP contribution in [-0.4, -0.2) is 4.98 Å². The molecule has 0 aliphatic heterocycles. The van der Waals surface area contributed by atoms with Crippen LogP contribution in [0.2, 0.25) is 0 Å². The molecule has 1 nitrogen and oxygen atoms in total. The van der Waals surface area contributed by atoms with Gasteiger partial charge in [0.05, 0.1) is 11.4 Å². The fourth-order valence-corrected chi connectivity index (χ4v) is 1.73.